The minimum absolute atomic E-state index is 0.140. The lowest BCUT2D eigenvalue weighted by Gasteiger charge is -2.23. The summed E-state index contributed by atoms with van der Waals surface area (Å²) in [6.07, 6.45) is 4.38. The molecule has 8 heteroatoms. The Kier molecular flexibility index (Phi) is 3.91. The standard InChI is InChI=1S/C20H18N6O2/c1-12-5-6-13(18-24-20(28-25-18)14-7-8-21-14)10-15(12)23-19(27)16-11-22-17-4-2-3-9-26(16)17/h2-6,9-11,14,21H,7-8H2,1H3,(H,23,27)/t14-/m0/s1. The molecule has 1 aromatic carbocycles. The van der Waals surface area contributed by atoms with Crippen LogP contribution in [0, 0.1) is 6.92 Å². The maximum absolute atomic E-state index is 12.8. The van der Waals surface area contributed by atoms with Crippen molar-refractivity contribution in [2.75, 3.05) is 11.9 Å². The molecule has 5 rings (SSSR count). The van der Waals surface area contributed by atoms with E-state index in [1.165, 1.54) is 0 Å². The Hall–Kier alpha value is -3.52. The highest BCUT2D eigenvalue weighted by atomic mass is 16.5. The molecule has 2 N–H and O–H groups in total. The number of nitrogens with one attached hydrogen (secondary N) is 2. The van der Waals surface area contributed by atoms with E-state index in [4.69, 9.17) is 4.52 Å². The quantitative estimate of drug-likeness (QED) is 0.570. The van der Waals surface area contributed by atoms with E-state index in [9.17, 15) is 4.79 Å². The van der Waals surface area contributed by atoms with Crippen molar-refractivity contribution in [1.82, 2.24) is 24.8 Å². The van der Waals surface area contributed by atoms with Crippen molar-refractivity contribution < 1.29 is 9.32 Å². The van der Waals surface area contributed by atoms with E-state index < -0.39 is 0 Å². The highest BCUT2D eigenvalue weighted by molar-refractivity contribution is 6.04. The number of aryl methyl sites for hydroxylation is 1. The van der Waals surface area contributed by atoms with Gasteiger partial charge in [-0.2, -0.15) is 4.98 Å². The predicted molar refractivity (Wildman–Crippen MR) is 103 cm³/mol. The molecule has 8 nitrogen and oxygen atoms in total. The van der Waals surface area contributed by atoms with Crippen molar-refractivity contribution >= 4 is 17.2 Å². The Morgan fingerprint density at radius 2 is 2.21 bits per heavy atom. The number of anilines is 1. The van der Waals surface area contributed by atoms with Crippen LogP contribution in [-0.2, 0) is 0 Å². The topological polar surface area (TPSA) is 97.4 Å². The summed E-state index contributed by atoms with van der Waals surface area (Å²) in [5.41, 5.74) is 3.62. The Morgan fingerprint density at radius 1 is 1.32 bits per heavy atom. The van der Waals surface area contributed by atoms with Gasteiger partial charge in [-0.25, -0.2) is 4.98 Å². The second kappa shape index (κ2) is 6.58. The van der Waals surface area contributed by atoms with E-state index in [1.54, 1.807) is 10.6 Å². The lowest BCUT2D eigenvalue weighted by molar-refractivity contribution is 0.102. The van der Waals surface area contributed by atoms with Gasteiger partial charge in [0.15, 0.2) is 0 Å². The number of hydrogen-bond acceptors (Lipinski definition) is 6. The van der Waals surface area contributed by atoms with E-state index >= 15 is 0 Å². The molecule has 4 heterocycles. The van der Waals surface area contributed by atoms with Gasteiger partial charge in [0.05, 0.1) is 12.2 Å². The largest absolute Gasteiger partial charge is 0.337 e. The first-order chi connectivity index (χ1) is 13.7. The fourth-order valence-corrected chi connectivity index (χ4v) is 3.18. The molecule has 1 amide bonds. The highest BCUT2D eigenvalue weighted by Gasteiger charge is 2.25. The number of amides is 1. The average molecular weight is 374 g/mol. The average Bonchev–Trinajstić information content (AvgIpc) is 3.29. The summed E-state index contributed by atoms with van der Waals surface area (Å²) in [5.74, 6) is 0.874. The first kappa shape index (κ1) is 16.6. The Balaban J connectivity index is 1.43. The second-order valence-corrected chi connectivity index (χ2v) is 6.81. The second-order valence-electron chi connectivity index (χ2n) is 6.81. The van der Waals surface area contributed by atoms with Gasteiger partial charge in [0.25, 0.3) is 5.91 Å². The molecular formula is C20H18N6O2. The smallest absolute Gasteiger partial charge is 0.274 e. The third kappa shape index (κ3) is 2.84. The van der Waals surface area contributed by atoms with Gasteiger partial charge in [0, 0.05) is 17.4 Å². The van der Waals surface area contributed by atoms with Gasteiger partial charge in [-0.1, -0.05) is 23.4 Å². The van der Waals surface area contributed by atoms with Crippen molar-refractivity contribution in [3.63, 3.8) is 0 Å². The zero-order valence-electron chi connectivity index (χ0n) is 15.2. The van der Waals surface area contributed by atoms with Gasteiger partial charge in [-0.05, 0) is 43.7 Å². The molecule has 1 aliphatic heterocycles. The summed E-state index contributed by atoms with van der Waals surface area (Å²) in [6, 6.07) is 11.4. The maximum Gasteiger partial charge on any atom is 0.274 e. The number of aromatic nitrogens is 4. The molecule has 28 heavy (non-hydrogen) atoms. The van der Waals surface area contributed by atoms with Crippen molar-refractivity contribution in [1.29, 1.82) is 0 Å². The van der Waals surface area contributed by atoms with E-state index in [1.807, 2.05) is 49.5 Å². The van der Waals surface area contributed by atoms with Crippen LogP contribution in [0.5, 0.6) is 0 Å². The normalized spacial score (nSPS) is 16.1. The number of rotatable bonds is 4. The van der Waals surface area contributed by atoms with E-state index in [2.05, 4.69) is 25.8 Å². The molecule has 1 aliphatic rings. The molecule has 0 radical (unpaired) electrons. The Morgan fingerprint density at radius 3 is 3.04 bits per heavy atom. The molecule has 1 atom stereocenters. The molecule has 4 aromatic rings. The number of carbonyl (C=O) groups excluding carboxylic acids is 1. The molecule has 1 fully saturated rings. The number of nitrogens with zero attached hydrogens (tertiary/aromatic N) is 4. The van der Waals surface area contributed by atoms with E-state index in [0.717, 1.165) is 29.7 Å². The van der Waals surface area contributed by atoms with Crippen LogP contribution in [-0.4, -0.2) is 32.0 Å². The summed E-state index contributed by atoms with van der Waals surface area (Å²) in [7, 11) is 0. The van der Waals surface area contributed by atoms with Crippen LogP contribution in [0.3, 0.4) is 0 Å². The molecule has 1 saturated heterocycles. The van der Waals surface area contributed by atoms with E-state index in [0.29, 0.717) is 23.1 Å². The number of benzene rings is 1. The summed E-state index contributed by atoms with van der Waals surface area (Å²) in [5, 5.41) is 10.3. The van der Waals surface area contributed by atoms with Gasteiger partial charge in [-0.15, -0.1) is 0 Å². The van der Waals surface area contributed by atoms with Crippen LogP contribution in [0.2, 0.25) is 0 Å². The van der Waals surface area contributed by atoms with Crippen LogP contribution in [0.1, 0.15) is 34.4 Å². The lowest BCUT2D eigenvalue weighted by atomic mass is 10.1. The van der Waals surface area contributed by atoms with Crippen molar-refractivity contribution in [3.05, 3.63) is 65.9 Å². The fraction of sp³-hybridized carbons (Fsp3) is 0.200. The maximum atomic E-state index is 12.8. The molecular weight excluding hydrogens is 356 g/mol. The van der Waals surface area contributed by atoms with Crippen molar-refractivity contribution in [3.8, 4) is 11.4 Å². The zero-order valence-corrected chi connectivity index (χ0v) is 15.2. The summed E-state index contributed by atoms with van der Waals surface area (Å²) < 4.78 is 7.11. The van der Waals surface area contributed by atoms with Crippen LogP contribution >= 0.6 is 0 Å². The van der Waals surface area contributed by atoms with Crippen LogP contribution in [0.25, 0.3) is 17.0 Å². The third-order valence-corrected chi connectivity index (χ3v) is 4.96. The van der Waals surface area contributed by atoms with E-state index in [-0.39, 0.29) is 11.9 Å². The molecule has 0 spiro atoms. The molecule has 0 saturated carbocycles. The number of carbonyl (C=O) groups is 1. The first-order valence-electron chi connectivity index (χ1n) is 9.10. The fourth-order valence-electron chi connectivity index (χ4n) is 3.18. The van der Waals surface area contributed by atoms with Gasteiger partial charge < -0.3 is 15.2 Å². The zero-order chi connectivity index (χ0) is 19.1. The summed E-state index contributed by atoms with van der Waals surface area (Å²) >= 11 is 0. The predicted octanol–water partition coefficient (Wildman–Crippen LogP) is 2.98. The third-order valence-electron chi connectivity index (χ3n) is 4.96. The minimum atomic E-state index is -0.230. The number of imidazole rings is 1. The molecule has 0 bridgehead atoms. The lowest BCUT2D eigenvalue weighted by Crippen LogP contribution is -2.35. The molecule has 0 aliphatic carbocycles. The first-order valence-corrected chi connectivity index (χ1v) is 9.10. The Bertz CT molecular complexity index is 1170. The van der Waals surface area contributed by atoms with Crippen LogP contribution in [0.4, 0.5) is 5.69 Å². The van der Waals surface area contributed by atoms with Gasteiger partial charge >= 0.3 is 0 Å². The SMILES string of the molecule is Cc1ccc(-c2noc([C@@H]3CCN3)n2)cc1NC(=O)c1cnc2ccccn12. The van der Waals surface area contributed by atoms with Crippen LogP contribution in [0.15, 0.2) is 53.3 Å². The Labute approximate surface area is 160 Å². The van der Waals surface area contributed by atoms with Gasteiger partial charge in [0.1, 0.15) is 11.3 Å². The number of pyridine rings is 1. The van der Waals surface area contributed by atoms with Gasteiger partial charge in [0.2, 0.25) is 11.7 Å². The number of hydrogen-bond donors (Lipinski definition) is 2. The molecule has 140 valence electrons. The van der Waals surface area contributed by atoms with Crippen LogP contribution < -0.4 is 10.6 Å². The van der Waals surface area contributed by atoms with Crippen molar-refractivity contribution in [2.24, 2.45) is 0 Å². The highest BCUT2D eigenvalue weighted by Crippen LogP contribution is 2.27. The molecule has 3 aromatic heterocycles. The summed E-state index contributed by atoms with van der Waals surface area (Å²) in [6.45, 7) is 2.90. The van der Waals surface area contributed by atoms with Crippen molar-refractivity contribution in [2.45, 2.75) is 19.4 Å². The van der Waals surface area contributed by atoms with Gasteiger partial charge in [-0.3, -0.25) is 9.20 Å². The number of fused-ring (bicyclic) bond motifs is 1. The molecule has 0 unspecified atom stereocenters. The monoisotopic (exact) mass is 374 g/mol. The summed E-state index contributed by atoms with van der Waals surface area (Å²) in [4.78, 5) is 21.5. The minimum Gasteiger partial charge on any atom is -0.337 e.